The Bertz CT molecular complexity index is 545. The van der Waals surface area contributed by atoms with Crippen molar-refractivity contribution in [3.05, 3.63) is 23.3 Å². The van der Waals surface area contributed by atoms with Crippen molar-refractivity contribution in [2.24, 2.45) is 0 Å². The fourth-order valence-electron chi connectivity index (χ4n) is 1.60. The zero-order chi connectivity index (χ0) is 11.7. The van der Waals surface area contributed by atoms with Crippen LogP contribution in [0.3, 0.4) is 0 Å². The Morgan fingerprint density at radius 2 is 2.25 bits per heavy atom. The van der Waals surface area contributed by atoms with E-state index >= 15 is 0 Å². The Balaban J connectivity index is 2.36. The van der Waals surface area contributed by atoms with E-state index in [1.165, 1.54) is 0 Å². The number of anilines is 1. The predicted molar refractivity (Wildman–Crippen MR) is 59.6 cm³/mol. The smallest absolute Gasteiger partial charge is 0.323 e. The number of aromatic nitrogens is 1. The lowest BCUT2D eigenvalue weighted by atomic mass is 10.1. The molecule has 5 nitrogen and oxygen atoms in total. The Kier molecular flexibility index (Phi) is 2.52. The number of nitrogens with one attached hydrogen (secondary N) is 1. The average Bonchev–Trinajstić information content (AvgIpc) is 2.57. The van der Waals surface area contributed by atoms with Crippen LogP contribution in [0.4, 0.5) is 6.01 Å². The number of benzene rings is 1. The second-order valence-corrected chi connectivity index (χ2v) is 3.70. The zero-order valence-electron chi connectivity index (χ0n) is 9.07. The van der Waals surface area contributed by atoms with Gasteiger partial charge in [0.15, 0.2) is 5.58 Å². The highest BCUT2D eigenvalue weighted by Crippen LogP contribution is 2.23. The molecule has 0 aliphatic carbocycles. The number of fused-ring (bicyclic) bond motifs is 1. The molecule has 1 heterocycles. The minimum Gasteiger partial charge on any atom is -0.480 e. The number of hydrogen-bond acceptors (Lipinski definition) is 4. The lowest BCUT2D eigenvalue weighted by molar-refractivity contribution is -0.134. The Morgan fingerprint density at radius 1 is 1.50 bits per heavy atom. The summed E-state index contributed by atoms with van der Waals surface area (Å²) in [7, 11) is 0. The highest BCUT2D eigenvalue weighted by atomic mass is 16.4. The Hall–Kier alpha value is -2.04. The first-order valence-corrected chi connectivity index (χ1v) is 4.90. The number of aryl methyl sites for hydroxylation is 2. The number of rotatable bonds is 3. The van der Waals surface area contributed by atoms with Gasteiger partial charge in [-0.15, -0.1) is 0 Å². The van der Waals surface area contributed by atoms with Crippen LogP contribution in [0.5, 0.6) is 0 Å². The minimum atomic E-state index is -0.949. The molecule has 0 spiro atoms. The minimum absolute atomic E-state index is 0.204. The van der Waals surface area contributed by atoms with Crippen LogP contribution >= 0.6 is 0 Å². The molecule has 84 valence electrons. The number of carboxylic acid groups (broad SMARTS) is 1. The van der Waals surface area contributed by atoms with Gasteiger partial charge in [-0.25, -0.2) is 0 Å². The van der Waals surface area contributed by atoms with Crippen LogP contribution < -0.4 is 5.32 Å². The normalized spacial score (nSPS) is 10.6. The lowest BCUT2D eigenvalue weighted by Crippen LogP contribution is -2.12. The third kappa shape index (κ3) is 1.98. The quantitative estimate of drug-likeness (QED) is 0.826. The van der Waals surface area contributed by atoms with E-state index in [-0.39, 0.29) is 12.6 Å². The Morgan fingerprint density at radius 3 is 2.94 bits per heavy atom. The molecule has 0 aliphatic rings. The van der Waals surface area contributed by atoms with Crippen LogP contribution in [0, 0.1) is 13.8 Å². The molecule has 16 heavy (non-hydrogen) atoms. The standard InChI is InChI=1S/C11H12N2O3/c1-6-3-7(2)10-8(4-6)13-11(16-10)12-5-9(14)15/h3-4H,5H2,1-2H3,(H,12,13)(H,14,15). The van der Waals surface area contributed by atoms with Crippen LogP contribution in [0.25, 0.3) is 11.1 Å². The van der Waals surface area contributed by atoms with Gasteiger partial charge in [0.25, 0.3) is 6.01 Å². The summed E-state index contributed by atoms with van der Waals surface area (Å²) in [6.45, 7) is 3.71. The SMILES string of the molecule is Cc1cc(C)c2oc(NCC(=O)O)nc2c1. The molecule has 0 aliphatic heterocycles. The lowest BCUT2D eigenvalue weighted by Gasteiger charge is -1.95. The molecule has 2 aromatic rings. The summed E-state index contributed by atoms with van der Waals surface area (Å²) < 4.78 is 5.42. The molecule has 0 amide bonds. The summed E-state index contributed by atoms with van der Waals surface area (Å²) in [6.07, 6.45) is 0. The molecule has 1 aromatic heterocycles. The average molecular weight is 220 g/mol. The molecule has 5 heteroatoms. The van der Waals surface area contributed by atoms with Crippen molar-refractivity contribution in [3.63, 3.8) is 0 Å². The van der Waals surface area contributed by atoms with Crippen molar-refractivity contribution in [2.45, 2.75) is 13.8 Å². The molecule has 0 unspecified atom stereocenters. The predicted octanol–water partition coefficient (Wildman–Crippen LogP) is 1.94. The topological polar surface area (TPSA) is 75.4 Å². The van der Waals surface area contributed by atoms with Gasteiger partial charge in [-0.3, -0.25) is 4.79 Å². The van der Waals surface area contributed by atoms with Gasteiger partial charge in [0, 0.05) is 0 Å². The van der Waals surface area contributed by atoms with Crippen LogP contribution in [-0.4, -0.2) is 22.6 Å². The summed E-state index contributed by atoms with van der Waals surface area (Å²) in [5, 5.41) is 11.1. The molecule has 0 bridgehead atoms. The summed E-state index contributed by atoms with van der Waals surface area (Å²) in [5.74, 6) is -0.949. The van der Waals surface area contributed by atoms with Crippen LogP contribution in [0.2, 0.25) is 0 Å². The molecule has 1 aromatic carbocycles. The van der Waals surface area contributed by atoms with Crippen LogP contribution in [0.15, 0.2) is 16.5 Å². The van der Waals surface area contributed by atoms with Gasteiger partial charge < -0.3 is 14.8 Å². The van der Waals surface area contributed by atoms with Gasteiger partial charge in [-0.05, 0) is 31.0 Å². The molecular formula is C11H12N2O3. The van der Waals surface area contributed by atoms with Gasteiger partial charge in [-0.2, -0.15) is 4.98 Å². The highest BCUT2D eigenvalue weighted by Gasteiger charge is 2.09. The van der Waals surface area contributed by atoms with E-state index in [9.17, 15) is 4.79 Å². The second-order valence-electron chi connectivity index (χ2n) is 3.70. The fourth-order valence-corrected chi connectivity index (χ4v) is 1.60. The van der Waals surface area contributed by atoms with Gasteiger partial charge in [0.05, 0.1) is 0 Å². The van der Waals surface area contributed by atoms with E-state index < -0.39 is 5.97 Å². The summed E-state index contributed by atoms with van der Waals surface area (Å²) in [6, 6.07) is 4.14. The van der Waals surface area contributed by atoms with Crippen molar-refractivity contribution >= 4 is 23.1 Å². The van der Waals surface area contributed by atoms with Gasteiger partial charge in [-0.1, -0.05) is 6.07 Å². The molecule has 0 saturated carbocycles. The first-order valence-electron chi connectivity index (χ1n) is 4.90. The van der Waals surface area contributed by atoms with Crippen LogP contribution in [0.1, 0.15) is 11.1 Å². The molecular weight excluding hydrogens is 208 g/mol. The number of carboxylic acids is 1. The Labute approximate surface area is 92.1 Å². The van der Waals surface area contributed by atoms with Crippen LogP contribution in [-0.2, 0) is 4.79 Å². The maximum Gasteiger partial charge on any atom is 0.323 e. The monoisotopic (exact) mass is 220 g/mol. The molecule has 2 rings (SSSR count). The summed E-state index contributed by atoms with van der Waals surface area (Å²) in [5.41, 5.74) is 3.53. The van der Waals surface area contributed by atoms with Gasteiger partial charge >= 0.3 is 5.97 Å². The molecule has 0 saturated heterocycles. The number of oxazole rings is 1. The molecule has 0 fully saturated rings. The second kappa shape index (κ2) is 3.84. The molecule has 0 radical (unpaired) electrons. The number of nitrogens with zero attached hydrogens (tertiary/aromatic N) is 1. The van der Waals surface area contributed by atoms with Gasteiger partial charge in [0.1, 0.15) is 12.1 Å². The number of carbonyl (C=O) groups is 1. The van der Waals surface area contributed by atoms with Crippen molar-refractivity contribution in [3.8, 4) is 0 Å². The van der Waals surface area contributed by atoms with Crippen molar-refractivity contribution in [1.82, 2.24) is 4.98 Å². The summed E-state index contributed by atoms with van der Waals surface area (Å²) >= 11 is 0. The maximum atomic E-state index is 10.4. The molecule has 0 atom stereocenters. The number of aliphatic carboxylic acids is 1. The largest absolute Gasteiger partial charge is 0.480 e. The maximum absolute atomic E-state index is 10.4. The molecule has 2 N–H and O–H groups in total. The van der Waals surface area contributed by atoms with Crippen molar-refractivity contribution in [2.75, 3.05) is 11.9 Å². The highest BCUT2D eigenvalue weighted by molar-refractivity contribution is 5.79. The van der Waals surface area contributed by atoms with E-state index in [0.717, 1.165) is 16.6 Å². The van der Waals surface area contributed by atoms with E-state index in [1.54, 1.807) is 0 Å². The number of hydrogen-bond donors (Lipinski definition) is 2. The van der Waals surface area contributed by atoms with Gasteiger partial charge in [0.2, 0.25) is 0 Å². The zero-order valence-corrected chi connectivity index (χ0v) is 9.07. The van der Waals surface area contributed by atoms with E-state index in [0.29, 0.717) is 5.58 Å². The van der Waals surface area contributed by atoms with E-state index in [4.69, 9.17) is 9.52 Å². The summed E-state index contributed by atoms with van der Waals surface area (Å²) in [4.78, 5) is 14.5. The third-order valence-corrected chi connectivity index (χ3v) is 2.21. The third-order valence-electron chi connectivity index (χ3n) is 2.21. The first kappa shape index (κ1) is 10.5. The van der Waals surface area contributed by atoms with Crippen molar-refractivity contribution in [1.29, 1.82) is 0 Å². The van der Waals surface area contributed by atoms with E-state index in [1.807, 2.05) is 26.0 Å². The van der Waals surface area contributed by atoms with E-state index in [2.05, 4.69) is 10.3 Å². The van der Waals surface area contributed by atoms with Crippen molar-refractivity contribution < 1.29 is 14.3 Å². The first-order chi connectivity index (χ1) is 7.56. The fraction of sp³-hybridized carbons (Fsp3) is 0.273.